The van der Waals surface area contributed by atoms with Gasteiger partial charge < -0.3 is 14.8 Å². The van der Waals surface area contributed by atoms with E-state index in [-0.39, 0.29) is 12.5 Å². The van der Waals surface area contributed by atoms with Crippen molar-refractivity contribution in [1.82, 2.24) is 0 Å². The van der Waals surface area contributed by atoms with Crippen molar-refractivity contribution in [3.8, 4) is 11.5 Å². The summed E-state index contributed by atoms with van der Waals surface area (Å²) < 4.78 is 11.2. The summed E-state index contributed by atoms with van der Waals surface area (Å²) in [5.74, 6) is 1.08. The van der Waals surface area contributed by atoms with Crippen LogP contribution in [0.1, 0.15) is 11.1 Å². The van der Waals surface area contributed by atoms with Crippen LogP contribution >= 0.6 is 0 Å². The average molecular weight is 283 g/mol. The molecular formula is C17H17NO3. The Balaban J connectivity index is 1.72. The highest BCUT2D eigenvalue weighted by Gasteiger charge is 2.27. The molecule has 3 rings (SSSR count). The maximum atomic E-state index is 12.3. The Morgan fingerprint density at radius 1 is 1.10 bits per heavy atom. The lowest BCUT2D eigenvalue weighted by Crippen LogP contribution is -2.40. The molecule has 108 valence electrons. The van der Waals surface area contributed by atoms with Gasteiger partial charge in [0, 0.05) is 5.69 Å². The molecule has 0 saturated carbocycles. The number of amides is 1. The molecule has 1 aliphatic rings. The summed E-state index contributed by atoms with van der Waals surface area (Å²) in [5, 5.41) is 2.88. The Labute approximate surface area is 123 Å². The van der Waals surface area contributed by atoms with E-state index < -0.39 is 6.10 Å². The molecule has 1 atom stereocenters. The van der Waals surface area contributed by atoms with Crippen LogP contribution in [0, 0.1) is 13.8 Å². The first kappa shape index (κ1) is 13.5. The molecule has 0 bridgehead atoms. The third kappa shape index (κ3) is 2.99. The minimum absolute atomic E-state index is 0.200. The van der Waals surface area contributed by atoms with Crippen LogP contribution in [0.25, 0.3) is 0 Å². The Bertz CT molecular complexity index is 661. The number of benzene rings is 2. The smallest absolute Gasteiger partial charge is 0.269 e. The van der Waals surface area contributed by atoms with E-state index in [1.165, 1.54) is 0 Å². The van der Waals surface area contributed by atoms with Crippen molar-refractivity contribution in [1.29, 1.82) is 0 Å². The molecule has 0 saturated heterocycles. The topological polar surface area (TPSA) is 47.6 Å². The second-order valence-electron chi connectivity index (χ2n) is 5.23. The zero-order chi connectivity index (χ0) is 14.8. The van der Waals surface area contributed by atoms with Gasteiger partial charge >= 0.3 is 0 Å². The summed E-state index contributed by atoms with van der Waals surface area (Å²) >= 11 is 0. The highest BCUT2D eigenvalue weighted by Crippen LogP contribution is 2.31. The van der Waals surface area contributed by atoms with Gasteiger partial charge in [0.05, 0.1) is 0 Å². The summed E-state index contributed by atoms with van der Waals surface area (Å²) in [6.45, 7) is 4.21. The van der Waals surface area contributed by atoms with Crippen LogP contribution in [0.15, 0.2) is 42.5 Å². The molecule has 2 aromatic carbocycles. The second kappa shape index (κ2) is 5.48. The number of ether oxygens (including phenoxy) is 2. The minimum atomic E-state index is -0.638. The van der Waals surface area contributed by atoms with E-state index in [0.717, 1.165) is 16.8 Å². The van der Waals surface area contributed by atoms with Crippen LogP contribution in [0.4, 0.5) is 5.69 Å². The maximum Gasteiger partial charge on any atom is 0.269 e. The molecule has 4 heteroatoms. The first-order valence-electron chi connectivity index (χ1n) is 6.89. The van der Waals surface area contributed by atoms with Gasteiger partial charge in [-0.1, -0.05) is 18.2 Å². The number of para-hydroxylation sites is 2. The highest BCUT2D eigenvalue weighted by molar-refractivity contribution is 5.94. The lowest BCUT2D eigenvalue weighted by atomic mass is 10.1. The molecule has 21 heavy (non-hydrogen) atoms. The van der Waals surface area contributed by atoms with E-state index in [2.05, 4.69) is 11.4 Å². The number of carbonyl (C=O) groups is 1. The number of fused-ring (bicyclic) bond motifs is 1. The Kier molecular flexibility index (Phi) is 3.52. The van der Waals surface area contributed by atoms with Crippen molar-refractivity contribution >= 4 is 11.6 Å². The van der Waals surface area contributed by atoms with Crippen LogP contribution in [-0.2, 0) is 4.79 Å². The summed E-state index contributed by atoms with van der Waals surface area (Å²) in [6, 6.07) is 13.3. The molecule has 2 aromatic rings. The third-order valence-electron chi connectivity index (χ3n) is 3.29. The van der Waals surface area contributed by atoms with Crippen LogP contribution in [-0.4, -0.2) is 18.6 Å². The predicted molar refractivity (Wildman–Crippen MR) is 80.9 cm³/mol. The largest absolute Gasteiger partial charge is 0.485 e. The molecule has 1 unspecified atom stereocenters. The van der Waals surface area contributed by atoms with Gasteiger partial charge in [0.15, 0.2) is 11.5 Å². The van der Waals surface area contributed by atoms with E-state index >= 15 is 0 Å². The number of hydrogen-bond acceptors (Lipinski definition) is 3. The molecule has 0 fully saturated rings. The normalized spacial score (nSPS) is 16.4. The van der Waals surface area contributed by atoms with Crippen LogP contribution in [0.3, 0.4) is 0 Å². The number of aryl methyl sites for hydroxylation is 2. The van der Waals surface area contributed by atoms with Gasteiger partial charge in [-0.25, -0.2) is 0 Å². The first-order chi connectivity index (χ1) is 10.1. The Morgan fingerprint density at radius 2 is 1.76 bits per heavy atom. The lowest BCUT2D eigenvalue weighted by Gasteiger charge is -2.25. The van der Waals surface area contributed by atoms with Crippen LogP contribution < -0.4 is 14.8 Å². The number of nitrogens with one attached hydrogen (secondary N) is 1. The van der Waals surface area contributed by atoms with E-state index in [4.69, 9.17) is 9.47 Å². The molecule has 1 N–H and O–H groups in total. The fourth-order valence-electron chi connectivity index (χ4n) is 2.42. The van der Waals surface area contributed by atoms with Gasteiger partial charge in [-0.15, -0.1) is 0 Å². The standard InChI is InChI=1S/C17H17NO3/c1-11-7-12(2)9-13(8-11)18-17(19)16-10-20-14-5-3-4-6-15(14)21-16/h3-9,16H,10H2,1-2H3,(H,18,19). The van der Waals surface area contributed by atoms with Crippen molar-refractivity contribution in [3.05, 3.63) is 53.6 Å². The second-order valence-corrected chi connectivity index (χ2v) is 5.23. The van der Waals surface area contributed by atoms with E-state index in [1.807, 2.05) is 44.2 Å². The minimum Gasteiger partial charge on any atom is -0.485 e. The molecular weight excluding hydrogens is 266 g/mol. The predicted octanol–water partition coefficient (Wildman–Crippen LogP) is 3.08. The van der Waals surface area contributed by atoms with Gasteiger partial charge in [-0.05, 0) is 49.2 Å². The third-order valence-corrected chi connectivity index (χ3v) is 3.29. The fraction of sp³-hybridized carbons (Fsp3) is 0.235. The SMILES string of the molecule is Cc1cc(C)cc(NC(=O)C2COc3ccccc3O2)c1. The number of hydrogen-bond donors (Lipinski definition) is 1. The lowest BCUT2D eigenvalue weighted by molar-refractivity contribution is -0.125. The van der Waals surface area contributed by atoms with Crippen molar-refractivity contribution in [2.45, 2.75) is 20.0 Å². The van der Waals surface area contributed by atoms with E-state index in [0.29, 0.717) is 11.5 Å². The van der Waals surface area contributed by atoms with Crippen molar-refractivity contribution in [2.75, 3.05) is 11.9 Å². The molecule has 1 aliphatic heterocycles. The van der Waals surface area contributed by atoms with Crippen molar-refractivity contribution < 1.29 is 14.3 Å². The molecule has 0 aliphatic carbocycles. The molecule has 0 radical (unpaired) electrons. The zero-order valence-electron chi connectivity index (χ0n) is 12.1. The van der Waals surface area contributed by atoms with Crippen molar-refractivity contribution in [2.24, 2.45) is 0 Å². The Hall–Kier alpha value is -2.49. The Morgan fingerprint density at radius 3 is 2.48 bits per heavy atom. The number of rotatable bonds is 2. The van der Waals surface area contributed by atoms with Gasteiger partial charge in [0.1, 0.15) is 6.61 Å². The summed E-state index contributed by atoms with van der Waals surface area (Å²) in [5.41, 5.74) is 2.99. The molecule has 1 amide bonds. The zero-order valence-corrected chi connectivity index (χ0v) is 12.1. The van der Waals surface area contributed by atoms with Crippen molar-refractivity contribution in [3.63, 3.8) is 0 Å². The summed E-state index contributed by atoms with van der Waals surface area (Å²) in [6.07, 6.45) is -0.638. The van der Waals surface area contributed by atoms with E-state index in [1.54, 1.807) is 6.07 Å². The summed E-state index contributed by atoms with van der Waals surface area (Å²) in [4.78, 5) is 12.3. The van der Waals surface area contributed by atoms with E-state index in [9.17, 15) is 4.79 Å². The van der Waals surface area contributed by atoms with Gasteiger partial charge in [0.25, 0.3) is 5.91 Å². The number of carbonyl (C=O) groups excluding carboxylic acids is 1. The fourth-order valence-corrected chi connectivity index (χ4v) is 2.42. The van der Waals surface area contributed by atoms with Gasteiger partial charge in [-0.2, -0.15) is 0 Å². The molecule has 1 heterocycles. The molecule has 0 aromatic heterocycles. The van der Waals surface area contributed by atoms with Gasteiger partial charge in [0.2, 0.25) is 6.10 Å². The summed E-state index contributed by atoms with van der Waals surface area (Å²) in [7, 11) is 0. The number of anilines is 1. The molecule has 0 spiro atoms. The molecule has 4 nitrogen and oxygen atoms in total. The monoisotopic (exact) mass is 283 g/mol. The maximum absolute atomic E-state index is 12.3. The van der Waals surface area contributed by atoms with Crippen LogP contribution in [0.2, 0.25) is 0 Å². The van der Waals surface area contributed by atoms with Crippen LogP contribution in [0.5, 0.6) is 11.5 Å². The van der Waals surface area contributed by atoms with Gasteiger partial charge in [-0.3, -0.25) is 4.79 Å². The average Bonchev–Trinajstić information content (AvgIpc) is 2.45. The first-order valence-corrected chi connectivity index (χ1v) is 6.89. The quantitative estimate of drug-likeness (QED) is 0.921. The highest BCUT2D eigenvalue weighted by atomic mass is 16.6.